The zero-order valence-electron chi connectivity index (χ0n) is 18.1. The number of nitrogens with two attached hydrogens (primary N) is 2. The van der Waals surface area contributed by atoms with Gasteiger partial charge in [-0.1, -0.05) is 23.7 Å². The van der Waals surface area contributed by atoms with Crippen LogP contribution >= 0.6 is 11.6 Å². The Morgan fingerprint density at radius 1 is 1.06 bits per heavy atom. The Morgan fingerprint density at radius 2 is 1.74 bits per heavy atom. The number of primary sulfonamides is 1. The van der Waals surface area contributed by atoms with Crippen LogP contribution < -0.4 is 16.2 Å². The van der Waals surface area contributed by atoms with Gasteiger partial charge in [-0.25, -0.2) is 17.9 Å². The molecule has 5 N–H and O–H groups in total. The molecule has 11 heteroatoms. The summed E-state index contributed by atoms with van der Waals surface area (Å²) in [6.45, 7) is 1.15. The number of rotatable bonds is 7. The molecule has 34 heavy (non-hydrogen) atoms. The third kappa shape index (κ3) is 6.31. The predicted octanol–water partition coefficient (Wildman–Crippen LogP) is 3.30. The van der Waals surface area contributed by atoms with E-state index in [1.165, 1.54) is 42.2 Å². The smallest absolute Gasteiger partial charge is 0.254 e. The van der Waals surface area contributed by atoms with Crippen LogP contribution in [0.15, 0.2) is 65.6 Å². The lowest BCUT2D eigenvalue weighted by Crippen LogP contribution is -2.37. The summed E-state index contributed by atoms with van der Waals surface area (Å²) in [5.41, 5.74) is 6.79. The molecule has 0 heterocycles. The van der Waals surface area contributed by atoms with Crippen molar-refractivity contribution in [3.05, 3.63) is 88.2 Å². The van der Waals surface area contributed by atoms with E-state index in [0.717, 1.165) is 6.07 Å². The molecular weight excluding hydrogens is 483 g/mol. The van der Waals surface area contributed by atoms with Gasteiger partial charge in [0.1, 0.15) is 12.4 Å². The number of sulfonamides is 1. The summed E-state index contributed by atoms with van der Waals surface area (Å²) < 4.78 is 37.5. The van der Waals surface area contributed by atoms with Crippen LogP contribution in [0.25, 0.3) is 0 Å². The van der Waals surface area contributed by atoms with E-state index in [1.54, 1.807) is 24.3 Å². The predicted molar refractivity (Wildman–Crippen MR) is 128 cm³/mol. The van der Waals surface area contributed by atoms with Gasteiger partial charge in [0.15, 0.2) is 0 Å². The zero-order chi connectivity index (χ0) is 25.0. The number of carbonyl (C=O) groups excluding carboxylic acids is 2. The summed E-state index contributed by atoms with van der Waals surface area (Å²) in [7, 11) is -3.96. The van der Waals surface area contributed by atoms with Gasteiger partial charge in [0, 0.05) is 22.8 Å². The highest BCUT2D eigenvalue weighted by Crippen LogP contribution is 2.20. The third-order valence-electron chi connectivity index (χ3n) is 4.90. The van der Waals surface area contributed by atoms with E-state index in [1.807, 2.05) is 0 Å². The fraction of sp³-hybridized carbons (Fsp3) is 0.130. The minimum Gasteiger partial charge on any atom is -0.399 e. The van der Waals surface area contributed by atoms with Crippen molar-refractivity contribution in [1.82, 2.24) is 4.90 Å². The van der Waals surface area contributed by atoms with Crippen LogP contribution in [-0.2, 0) is 21.4 Å². The highest BCUT2D eigenvalue weighted by atomic mass is 35.5. The number of aryl methyl sites for hydroxylation is 1. The van der Waals surface area contributed by atoms with Gasteiger partial charge >= 0.3 is 0 Å². The van der Waals surface area contributed by atoms with Gasteiger partial charge in [-0.2, -0.15) is 0 Å². The van der Waals surface area contributed by atoms with E-state index in [4.69, 9.17) is 22.5 Å². The summed E-state index contributed by atoms with van der Waals surface area (Å²) in [6.07, 6.45) is 0. The van der Waals surface area contributed by atoms with Crippen molar-refractivity contribution in [2.45, 2.75) is 18.4 Å². The molecule has 8 nitrogen and oxygen atoms in total. The van der Waals surface area contributed by atoms with Crippen LogP contribution in [-0.4, -0.2) is 31.7 Å². The Morgan fingerprint density at radius 3 is 2.32 bits per heavy atom. The van der Waals surface area contributed by atoms with Gasteiger partial charge in [0.05, 0.1) is 10.6 Å². The SMILES string of the molecule is Cc1cc(C(=O)N(CC(=O)Nc2ccc(N)cc2F)Cc2ccc(Cl)cc2)ccc1S(N)(=O)=O. The molecule has 0 aliphatic rings. The number of nitrogens with one attached hydrogen (secondary N) is 1. The molecule has 0 aromatic heterocycles. The lowest BCUT2D eigenvalue weighted by Gasteiger charge is -2.23. The molecule has 3 aromatic carbocycles. The fourth-order valence-electron chi connectivity index (χ4n) is 3.29. The Kier molecular flexibility index (Phi) is 7.55. The minimum absolute atomic E-state index is 0.0453. The number of amides is 2. The molecule has 0 atom stereocenters. The van der Waals surface area contributed by atoms with Gasteiger partial charge in [-0.05, 0) is 66.6 Å². The lowest BCUT2D eigenvalue weighted by molar-refractivity contribution is -0.117. The Balaban J connectivity index is 1.88. The highest BCUT2D eigenvalue weighted by molar-refractivity contribution is 7.89. The number of carbonyl (C=O) groups is 2. The van der Waals surface area contributed by atoms with Crippen molar-refractivity contribution in [3.63, 3.8) is 0 Å². The lowest BCUT2D eigenvalue weighted by atomic mass is 10.1. The van der Waals surface area contributed by atoms with E-state index in [-0.39, 0.29) is 33.9 Å². The van der Waals surface area contributed by atoms with Crippen molar-refractivity contribution >= 4 is 44.8 Å². The average molecular weight is 505 g/mol. The summed E-state index contributed by atoms with van der Waals surface area (Å²) in [5.74, 6) is -1.88. The van der Waals surface area contributed by atoms with Crippen LogP contribution in [0.2, 0.25) is 5.02 Å². The van der Waals surface area contributed by atoms with Crippen LogP contribution in [0, 0.1) is 12.7 Å². The largest absolute Gasteiger partial charge is 0.399 e. The first-order valence-corrected chi connectivity index (χ1v) is 11.9. The second kappa shape index (κ2) is 10.2. The molecule has 3 aromatic rings. The van der Waals surface area contributed by atoms with Gasteiger partial charge in [-0.15, -0.1) is 0 Å². The van der Waals surface area contributed by atoms with Crippen LogP contribution in [0.5, 0.6) is 0 Å². The minimum atomic E-state index is -3.96. The van der Waals surface area contributed by atoms with Gasteiger partial charge in [0.25, 0.3) is 5.91 Å². The fourth-order valence-corrected chi connectivity index (χ4v) is 4.18. The van der Waals surface area contributed by atoms with E-state index in [2.05, 4.69) is 5.32 Å². The number of halogens is 2. The van der Waals surface area contributed by atoms with Crippen molar-refractivity contribution in [3.8, 4) is 0 Å². The molecule has 0 aliphatic heterocycles. The van der Waals surface area contributed by atoms with Crippen molar-refractivity contribution in [2.24, 2.45) is 5.14 Å². The van der Waals surface area contributed by atoms with Gasteiger partial charge in [0.2, 0.25) is 15.9 Å². The maximum absolute atomic E-state index is 14.1. The molecule has 0 bridgehead atoms. The normalized spacial score (nSPS) is 11.2. The topological polar surface area (TPSA) is 136 Å². The number of hydrogen-bond donors (Lipinski definition) is 3. The standard InChI is InChI=1S/C23H22ClFN4O4S/c1-14-10-16(4-9-21(14)34(27,32)33)23(31)29(12-15-2-5-17(24)6-3-15)13-22(30)28-20-8-7-18(26)11-19(20)25/h2-11H,12-13,26H2,1H3,(H,28,30)(H2,27,32,33). The van der Waals surface area contributed by atoms with Crippen molar-refractivity contribution in [1.29, 1.82) is 0 Å². The number of nitrogen functional groups attached to an aromatic ring is 1. The molecule has 178 valence electrons. The molecule has 2 amide bonds. The second-order valence-corrected chi connectivity index (χ2v) is 9.57. The van der Waals surface area contributed by atoms with E-state index < -0.39 is 34.2 Å². The van der Waals surface area contributed by atoms with Gasteiger partial charge in [-0.3, -0.25) is 9.59 Å². The first kappa shape index (κ1) is 25.2. The first-order chi connectivity index (χ1) is 15.9. The first-order valence-electron chi connectivity index (χ1n) is 9.96. The Labute approximate surface area is 201 Å². The maximum Gasteiger partial charge on any atom is 0.254 e. The monoisotopic (exact) mass is 504 g/mol. The number of nitrogens with zero attached hydrogens (tertiary/aromatic N) is 1. The molecule has 3 rings (SSSR count). The zero-order valence-corrected chi connectivity index (χ0v) is 19.7. The maximum atomic E-state index is 14.1. The average Bonchev–Trinajstić information content (AvgIpc) is 2.75. The molecule has 0 radical (unpaired) electrons. The molecule has 0 aliphatic carbocycles. The molecule has 0 unspecified atom stereocenters. The molecular formula is C23H22ClFN4O4S. The summed E-state index contributed by atoms with van der Waals surface area (Å²) >= 11 is 5.93. The van der Waals surface area contributed by atoms with E-state index in [9.17, 15) is 22.4 Å². The molecule has 0 saturated carbocycles. The van der Waals surface area contributed by atoms with Gasteiger partial charge < -0.3 is 16.0 Å². The Bertz CT molecular complexity index is 1350. The molecule has 0 fully saturated rings. The number of hydrogen-bond acceptors (Lipinski definition) is 5. The van der Waals surface area contributed by atoms with Crippen LogP contribution in [0.3, 0.4) is 0 Å². The third-order valence-corrected chi connectivity index (χ3v) is 6.23. The number of benzene rings is 3. The van der Waals surface area contributed by atoms with Crippen molar-refractivity contribution < 1.29 is 22.4 Å². The number of anilines is 2. The highest BCUT2D eigenvalue weighted by Gasteiger charge is 2.22. The molecule has 0 spiro atoms. The van der Waals surface area contributed by atoms with E-state index >= 15 is 0 Å². The van der Waals surface area contributed by atoms with Crippen LogP contribution in [0.1, 0.15) is 21.5 Å². The summed E-state index contributed by atoms with van der Waals surface area (Å²) in [4.78, 5) is 27.1. The summed E-state index contributed by atoms with van der Waals surface area (Å²) in [5, 5.41) is 8.13. The second-order valence-electron chi connectivity index (χ2n) is 7.60. The summed E-state index contributed by atoms with van der Waals surface area (Å²) in [6, 6.07) is 14.5. The quantitative estimate of drug-likeness (QED) is 0.424. The van der Waals surface area contributed by atoms with Crippen LogP contribution in [0.4, 0.5) is 15.8 Å². The Hall–Kier alpha value is -3.47. The van der Waals surface area contributed by atoms with E-state index in [0.29, 0.717) is 10.6 Å². The molecule has 0 saturated heterocycles. The van der Waals surface area contributed by atoms with Crippen molar-refractivity contribution in [2.75, 3.05) is 17.6 Å².